The van der Waals surface area contributed by atoms with Crippen LogP contribution in [-0.2, 0) is 11.2 Å². The van der Waals surface area contributed by atoms with Gasteiger partial charge in [0.05, 0.1) is 13.2 Å². The zero-order valence-corrected chi connectivity index (χ0v) is 15.6. The molecule has 0 saturated carbocycles. The number of aromatic nitrogens is 1. The van der Waals surface area contributed by atoms with Crippen molar-refractivity contribution in [3.63, 3.8) is 0 Å². The normalized spacial score (nSPS) is 24.1. The summed E-state index contributed by atoms with van der Waals surface area (Å²) in [4.78, 5) is 6.63. The number of anilines is 1. The second-order valence-corrected chi connectivity index (χ2v) is 7.73. The third kappa shape index (κ3) is 4.25. The summed E-state index contributed by atoms with van der Waals surface area (Å²) in [6, 6.07) is 14.2. The number of hydrogen-bond acceptors (Lipinski definition) is 4. The third-order valence-electron chi connectivity index (χ3n) is 5.79. The topological polar surface area (TPSA) is 37.4 Å². The van der Waals surface area contributed by atoms with Crippen LogP contribution in [0.2, 0.25) is 0 Å². The largest absolute Gasteiger partial charge is 0.379 e. The number of ether oxygens (including phenoxy) is 1. The molecule has 1 N–H and O–H groups in total. The smallest absolute Gasteiger partial charge is 0.0623 e. The van der Waals surface area contributed by atoms with Gasteiger partial charge in [0.1, 0.15) is 0 Å². The van der Waals surface area contributed by atoms with Crippen molar-refractivity contribution in [1.82, 2.24) is 10.3 Å². The van der Waals surface area contributed by atoms with E-state index in [9.17, 15) is 0 Å². The maximum absolute atomic E-state index is 5.80. The van der Waals surface area contributed by atoms with Crippen molar-refractivity contribution in [2.75, 3.05) is 31.2 Å². The Morgan fingerprint density at radius 3 is 2.50 bits per heavy atom. The Balaban J connectivity index is 1.29. The summed E-state index contributed by atoms with van der Waals surface area (Å²) in [6.45, 7) is 6.11. The molecule has 0 spiro atoms. The van der Waals surface area contributed by atoms with Crippen LogP contribution in [0.4, 0.5) is 5.69 Å². The van der Waals surface area contributed by atoms with Crippen LogP contribution >= 0.6 is 0 Å². The summed E-state index contributed by atoms with van der Waals surface area (Å²) in [5, 5.41) is 3.90. The summed E-state index contributed by atoms with van der Waals surface area (Å²) in [5.41, 5.74) is 4.04. The monoisotopic (exact) mass is 351 g/mol. The molecule has 0 unspecified atom stereocenters. The van der Waals surface area contributed by atoms with E-state index in [-0.39, 0.29) is 0 Å². The molecule has 1 aromatic carbocycles. The predicted octanol–water partition coefficient (Wildman–Crippen LogP) is 3.21. The number of nitrogens with one attached hydrogen (secondary N) is 1. The Bertz CT molecular complexity index is 680. The summed E-state index contributed by atoms with van der Waals surface area (Å²) in [6.07, 6.45) is 7.24. The van der Waals surface area contributed by atoms with Gasteiger partial charge in [-0.15, -0.1) is 0 Å². The Morgan fingerprint density at radius 2 is 1.77 bits per heavy atom. The van der Waals surface area contributed by atoms with E-state index in [0.29, 0.717) is 18.0 Å². The summed E-state index contributed by atoms with van der Waals surface area (Å²) >= 11 is 0. The van der Waals surface area contributed by atoms with Gasteiger partial charge in [0.25, 0.3) is 0 Å². The first-order valence-corrected chi connectivity index (χ1v) is 9.82. The molecule has 4 rings (SSSR count). The average Bonchev–Trinajstić information content (AvgIpc) is 3.11. The molecule has 3 heterocycles. The number of hydrogen-bond donors (Lipinski definition) is 1. The molecule has 2 fully saturated rings. The Labute approximate surface area is 156 Å². The molecule has 0 amide bonds. The van der Waals surface area contributed by atoms with Crippen molar-refractivity contribution in [2.45, 2.75) is 38.3 Å². The molecule has 0 radical (unpaired) electrons. The van der Waals surface area contributed by atoms with Crippen molar-refractivity contribution in [3.8, 4) is 0 Å². The van der Waals surface area contributed by atoms with Gasteiger partial charge >= 0.3 is 0 Å². The van der Waals surface area contributed by atoms with Crippen molar-refractivity contribution >= 4 is 5.69 Å². The number of aryl methyl sites for hydroxylation is 1. The van der Waals surface area contributed by atoms with Crippen molar-refractivity contribution in [1.29, 1.82) is 0 Å². The van der Waals surface area contributed by atoms with E-state index in [2.05, 4.69) is 58.5 Å². The third-order valence-corrected chi connectivity index (χ3v) is 5.79. The van der Waals surface area contributed by atoms with Gasteiger partial charge in [0, 0.05) is 49.2 Å². The lowest BCUT2D eigenvalue weighted by Gasteiger charge is -2.36. The minimum absolute atomic E-state index is 0.471. The second kappa shape index (κ2) is 8.19. The Morgan fingerprint density at radius 1 is 1.04 bits per heavy atom. The van der Waals surface area contributed by atoms with Gasteiger partial charge in [-0.3, -0.25) is 4.98 Å². The predicted molar refractivity (Wildman–Crippen MR) is 106 cm³/mol. The van der Waals surface area contributed by atoms with Crippen molar-refractivity contribution < 1.29 is 4.74 Å². The van der Waals surface area contributed by atoms with E-state index in [4.69, 9.17) is 4.74 Å². The molecular weight excluding hydrogens is 322 g/mol. The molecular formula is C22H29N3O. The van der Waals surface area contributed by atoms with Crippen molar-refractivity contribution in [3.05, 3.63) is 59.9 Å². The summed E-state index contributed by atoms with van der Waals surface area (Å²) in [5.74, 6) is 0.563. The minimum atomic E-state index is 0.471. The van der Waals surface area contributed by atoms with E-state index in [1.54, 1.807) is 0 Å². The molecule has 26 heavy (non-hydrogen) atoms. The standard InChI is InChI=1S/C22H29N3O/c1-17-2-4-21(5-3-17)25-12-8-20(9-13-25)24-22-16-26-15-19(22)14-18-6-10-23-11-7-18/h2-7,10-11,19-20,22,24H,8-9,12-16H2,1H3/t19-,22-/m1/s1. The minimum Gasteiger partial charge on any atom is -0.379 e. The lowest BCUT2D eigenvalue weighted by atomic mass is 9.93. The van der Waals surface area contributed by atoms with Gasteiger partial charge in [0.15, 0.2) is 0 Å². The van der Waals surface area contributed by atoms with Crippen LogP contribution in [0.25, 0.3) is 0 Å². The highest BCUT2D eigenvalue weighted by molar-refractivity contribution is 5.47. The average molecular weight is 351 g/mol. The zero-order chi connectivity index (χ0) is 17.8. The number of pyridine rings is 1. The molecule has 1 aromatic heterocycles. The maximum atomic E-state index is 5.80. The fourth-order valence-electron chi connectivity index (χ4n) is 4.17. The van der Waals surface area contributed by atoms with Crippen LogP contribution in [0.3, 0.4) is 0 Å². The summed E-state index contributed by atoms with van der Waals surface area (Å²) < 4.78 is 5.80. The molecule has 4 nitrogen and oxygen atoms in total. The fourth-order valence-corrected chi connectivity index (χ4v) is 4.17. The highest BCUT2D eigenvalue weighted by atomic mass is 16.5. The van der Waals surface area contributed by atoms with Crippen LogP contribution in [-0.4, -0.2) is 43.4 Å². The lowest BCUT2D eigenvalue weighted by molar-refractivity contribution is 0.181. The molecule has 2 saturated heterocycles. The maximum Gasteiger partial charge on any atom is 0.0623 e. The quantitative estimate of drug-likeness (QED) is 0.898. The molecule has 0 aliphatic carbocycles. The molecule has 2 aliphatic rings. The van der Waals surface area contributed by atoms with E-state index in [1.807, 2.05) is 12.4 Å². The zero-order valence-electron chi connectivity index (χ0n) is 15.6. The van der Waals surface area contributed by atoms with Gasteiger partial charge < -0.3 is 15.0 Å². The first-order chi connectivity index (χ1) is 12.8. The van der Waals surface area contributed by atoms with Gasteiger partial charge in [-0.1, -0.05) is 17.7 Å². The van der Waals surface area contributed by atoms with Gasteiger partial charge in [0.2, 0.25) is 0 Å². The van der Waals surface area contributed by atoms with Crippen LogP contribution in [0.15, 0.2) is 48.8 Å². The first-order valence-electron chi connectivity index (χ1n) is 9.82. The fraction of sp³-hybridized carbons (Fsp3) is 0.500. The number of benzene rings is 1. The number of nitrogens with zero attached hydrogens (tertiary/aromatic N) is 2. The molecule has 2 aliphatic heterocycles. The van der Waals surface area contributed by atoms with Gasteiger partial charge in [-0.2, -0.15) is 0 Å². The van der Waals surface area contributed by atoms with E-state index < -0.39 is 0 Å². The molecule has 0 bridgehead atoms. The van der Waals surface area contributed by atoms with Gasteiger partial charge in [-0.25, -0.2) is 0 Å². The first kappa shape index (κ1) is 17.5. The molecule has 2 aromatic rings. The highest BCUT2D eigenvalue weighted by Crippen LogP contribution is 2.24. The molecule has 2 atom stereocenters. The van der Waals surface area contributed by atoms with Gasteiger partial charge in [-0.05, 0) is 56.0 Å². The summed E-state index contributed by atoms with van der Waals surface area (Å²) in [7, 11) is 0. The Hall–Kier alpha value is -1.91. The molecule has 4 heteroatoms. The Kier molecular flexibility index (Phi) is 5.51. The second-order valence-electron chi connectivity index (χ2n) is 7.73. The van der Waals surface area contributed by atoms with Crippen LogP contribution in [0, 0.1) is 12.8 Å². The lowest BCUT2D eigenvalue weighted by Crippen LogP contribution is -2.48. The van der Waals surface area contributed by atoms with E-state index in [0.717, 1.165) is 32.7 Å². The van der Waals surface area contributed by atoms with E-state index >= 15 is 0 Å². The number of piperidine rings is 1. The van der Waals surface area contributed by atoms with Crippen LogP contribution in [0.5, 0.6) is 0 Å². The van der Waals surface area contributed by atoms with Crippen LogP contribution < -0.4 is 10.2 Å². The highest BCUT2D eigenvalue weighted by Gasteiger charge is 2.31. The SMILES string of the molecule is Cc1ccc(N2CCC(N[C@@H]3COC[C@H]3Cc3ccncc3)CC2)cc1. The molecule has 138 valence electrons. The van der Waals surface area contributed by atoms with Crippen molar-refractivity contribution in [2.24, 2.45) is 5.92 Å². The number of rotatable bonds is 5. The van der Waals surface area contributed by atoms with E-state index in [1.165, 1.54) is 29.7 Å². The van der Waals surface area contributed by atoms with Crippen LogP contribution in [0.1, 0.15) is 24.0 Å².